The smallest absolute Gasteiger partial charge is 0.269 e. The number of hydroxylamine groups is 1. The van der Waals surface area contributed by atoms with Crippen LogP contribution in [0, 0.1) is 11.8 Å². The van der Waals surface area contributed by atoms with Crippen molar-refractivity contribution in [1.82, 2.24) is 16.2 Å². The molecule has 1 aromatic rings. The number of nitrogens with zero attached hydrogens (tertiary/aromatic N) is 2. The van der Waals surface area contributed by atoms with Gasteiger partial charge in [0.05, 0.1) is 6.54 Å². The Morgan fingerprint density at radius 2 is 1.96 bits per heavy atom. The average molecular weight is 384 g/mol. The van der Waals surface area contributed by atoms with Crippen LogP contribution in [0.25, 0.3) is 0 Å². The highest BCUT2D eigenvalue weighted by molar-refractivity contribution is 5.97. The number of nitrogens with two attached hydrogens (primary N) is 1. The van der Waals surface area contributed by atoms with Gasteiger partial charge in [0.25, 0.3) is 18.2 Å². The van der Waals surface area contributed by atoms with E-state index in [4.69, 9.17) is 11.0 Å². The molecule has 0 aliphatic heterocycles. The molecule has 0 saturated heterocycles. The molecule has 1 rings (SSSR count). The van der Waals surface area contributed by atoms with E-state index in [1.54, 1.807) is 0 Å². The summed E-state index contributed by atoms with van der Waals surface area (Å²) in [5, 5.41) is 26.7. The highest BCUT2D eigenvalue weighted by Crippen LogP contribution is 2.20. The SMILES string of the molecule is CC(O)(C(F)F)[C@H](NC(=O)c1ccc(C#CCNN=NN)cc1)C(=O)NO. The number of alkyl halides is 2. The summed E-state index contributed by atoms with van der Waals surface area (Å²) in [7, 11) is 0. The molecule has 0 saturated carbocycles. The Bertz CT molecular complexity index is 743. The zero-order chi connectivity index (χ0) is 20.4. The van der Waals surface area contributed by atoms with Gasteiger partial charge in [-0.2, -0.15) is 0 Å². The van der Waals surface area contributed by atoms with E-state index in [9.17, 15) is 23.5 Å². The summed E-state index contributed by atoms with van der Waals surface area (Å²) in [5.41, 5.74) is 1.25. The molecule has 27 heavy (non-hydrogen) atoms. The van der Waals surface area contributed by atoms with E-state index >= 15 is 0 Å². The monoisotopic (exact) mass is 384 g/mol. The number of carbonyl (C=O) groups is 2. The van der Waals surface area contributed by atoms with Crippen molar-refractivity contribution in [2.75, 3.05) is 6.54 Å². The van der Waals surface area contributed by atoms with Gasteiger partial charge < -0.3 is 16.3 Å². The molecule has 0 fully saturated rings. The number of carbonyl (C=O) groups excluding carboxylic acids is 2. The number of nitrogens with one attached hydrogen (secondary N) is 3. The zero-order valence-corrected chi connectivity index (χ0v) is 14.1. The van der Waals surface area contributed by atoms with E-state index in [1.165, 1.54) is 24.3 Å². The Hall–Kier alpha value is -3.30. The molecule has 2 amide bonds. The molecular weight excluding hydrogens is 366 g/mol. The molecule has 0 bridgehead atoms. The highest BCUT2D eigenvalue weighted by atomic mass is 19.3. The Balaban J connectivity index is 2.87. The van der Waals surface area contributed by atoms with Crippen LogP contribution in [0.5, 0.6) is 0 Å². The summed E-state index contributed by atoms with van der Waals surface area (Å²) in [5.74, 6) is 7.95. The van der Waals surface area contributed by atoms with Gasteiger partial charge in [-0.3, -0.25) is 20.2 Å². The van der Waals surface area contributed by atoms with Gasteiger partial charge in [0, 0.05) is 11.1 Å². The number of hydrogen-bond acceptors (Lipinski definition) is 6. The van der Waals surface area contributed by atoms with Gasteiger partial charge in [0.15, 0.2) is 5.60 Å². The fourth-order valence-corrected chi connectivity index (χ4v) is 1.85. The first-order chi connectivity index (χ1) is 12.7. The molecule has 7 N–H and O–H groups in total. The fourth-order valence-electron chi connectivity index (χ4n) is 1.85. The van der Waals surface area contributed by atoms with Crippen molar-refractivity contribution in [1.29, 1.82) is 0 Å². The van der Waals surface area contributed by atoms with E-state index in [2.05, 4.69) is 27.7 Å². The molecule has 0 aliphatic rings. The third-order valence-corrected chi connectivity index (χ3v) is 3.35. The minimum absolute atomic E-state index is 0.0245. The Kier molecular flexibility index (Phi) is 8.05. The maximum Gasteiger partial charge on any atom is 0.269 e. The van der Waals surface area contributed by atoms with E-state index < -0.39 is 29.9 Å². The second kappa shape index (κ2) is 10.00. The first kappa shape index (κ1) is 21.7. The van der Waals surface area contributed by atoms with Crippen LogP contribution in [0.15, 0.2) is 34.7 Å². The lowest BCUT2D eigenvalue weighted by atomic mass is 9.95. The summed E-state index contributed by atoms with van der Waals surface area (Å²) in [6, 6.07) is 3.57. The minimum atomic E-state index is -3.36. The van der Waals surface area contributed by atoms with Crippen LogP contribution in [0.3, 0.4) is 0 Å². The van der Waals surface area contributed by atoms with Crippen molar-refractivity contribution >= 4 is 11.8 Å². The maximum atomic E-state index is 13.0. The summed E-state index contributed by atoms with van der Waals surface area (Å²) in [4.78, 5) is 23.7. The van der Waals surface area contributed by atoms with Crippen LogP contribution >= 0.6 is 0 Å². The molecule has 2 atom stereocenters. The molecule has 146 valence electrons. The normalized spacial score (nSPS) is 14.0. The van der Waals surface area contributed by atoms with E-state index in [0.717, 1.165) is 5.48 Å². The fraction of sp³-hybridized carbons (Fsp3) is 0.333. The summed E-state index contributed by atoms with van der Waals surface area (Å²) in [6.07, 6.45) is -3.36. The second-order valence-corrected chi connectivity index (χ2v) is 5.34. The standard InChI is InChI=1S/C15H18F2N6O4/c1-15(26,14(16)17)11(13(25)21-27)20-12(24)10-6-4-9(5-7-10)3-2-8-19-23-22-18/h4-7,11,14,26-27H,8H2,1H3,(H2,18,23)(H,19,22)(H,20,24)(H,21,25)/t11-,15?/m1/s1. The lowest BCUT2D eigenvalue weighted by Gasteiger charge is -2.30. The molecule has 0 spiro atoms. The second-order valence-electron chi connectivity index (χ2n) is 5.34. The van der Waals surface area contributed by atoms with Crippen molar-refractivity contribution in [2.45, 2.75) is 25.0 Å². The van der Waals surface area contributed by atoms with Crippen LogP contribution in [-0.2, 0) is 4.79 Å². The summed E-state index contributed by atoms with van der Waals surface area (Å²) >= 11 is 0. The van der Waals surface area contributed by atoms with Gasteiger partial charge in [-0.1, -0.05) is 22.3 Å². The van der Waals surface area contributed by atoms with Gasteiger partial charge in [0.2, 0.25) is 0 Å². The third-order valence-electron chi connectivity index (χ3n) is 3.35. The topological polar surface area (TPSA) is 161 Å². The molecule has 0 aromatic heterocycles. The number of rotatable bonds is 7. The van der Waals surface area contributed by atoms with Crippen molar-refractivity contribution in [3.8, 4) is 11.8 Å². The van der Waals surface area contributed by atoms with Crippen LogP contribution in [-0.4, -0.2) is 46.7 Å². The van der Waals surface area contributed by atoms with E-state index in [0.29, 0.717) is 12.5 Å². The van der Waals surface area contributed by atoms with Gasteiger partial charge >= 0.3 is 0 Å². The van der Waals surface area contributed by atoms with Crippen LogP contribution in [0.2, 0.25) is 0 Å². The van der Waals surface area contributed by atoms with Gasteiger partial charge in [-0.05, 0) is 31.2 Å². The molecular formula is C15H18F2N6O4. The number of amides is 2. The number of aliphatic hydroxyl groups is 1. The van der Waals surface area contributed by atoms with Crippen molar-refractivity contribution in [3.05, 3.63) is 35.4 Å². The first-order valence-corrected chi connectivity index (χ1v) is 7.41. The largest absolute Gasteiger partial charge is 0.381 e. The van der Waals surface area contributed by atoms with Crippen LogP contribution < -0.4 is 22.1 Å². The van der Waals surface area contributed by atoms with Crippen molar-refractivity contribution < 1.29 is 28.7 Å². The van der Waals surface area contributed by atoms with E-state index in [-0.39, 0.29) is 12.1 Å². The zero-order valence-electron chi connectivity index (χ0n) is 14.1. The Morgan fingerprint density at radius 1 is 1.33 bits per heavy atom. The predicted molar refractivity (Wildman–Crippen MR) is 88.2 cm³/mol. The van der Waals surface area contributed by atoms with Crippen LogP contribution in [0.1, 0.15) is 22.8 Å². The average Bonchev–Trinajstić information content (AvgIpc) is 2.65. The van der Waals surface area contributed by atoms with Crippen molar-refractivity contribution in [3.63, 3.8) is 0 Å². The van der Waals surface area contributed by atoms with E-state index in [1.807, 2.05) is 5.32 Å². The first-order valence-electron chi connectivity index (χ1n) is 7.41. The predicted octanol–water partition coefficient (Wildman–Crippen LogP) is -0.511. The van der Waals surface area contributed by atoms with Gasteiger partial charge in [-0.25, -0.2) is 14.3 Å². The summed E-state index contributed by atoms with van der Waals surface area (Å²) in [6.45, 7) is 0.846. The summed E-state index contributed by atoms with van der Waals surface area (Å²) < 4.78 is 25.9. The lowest BCUT2D eigenvalue weighted by molar-refractivity contribution is -0.149. The molecule has 1 aromatic carbocycles. The van der Waals surface area contributed by atoms with Crippen LogP contribution in [0.4, 0.5) is 8.78 Å². The number of hydrogen-bond donors (Lipinski definition) is 6. The molecule has 0 aliphatic carbocycles. The number of halogens is 2. The molecule has 12 heteroatoms. The molecule has 0 heterocycles. The van der Waals surface area contributed by atoms with Crippen molar-refractivity contribution in [2.24, 2.45) is 16.3 Å². The third kappa shape index (κ3) is 6.17. The maximum absolute atomic E-state index is 13.0. The van der Waals surface area contributed by atoms with Gasteiger partial charge in [0.1, 0.15) is 6.04 Å². The highest BCUT2D eigenvalue weighted by Gasteiger charge is 2.46. The number of benzene rings is 1. The minimum Gasteiger partial charge on any atom is -0.381 e. The molecule has 1 unspecified atom stereocenters. The molecule has 10 nitrogen and oxygen atoms in total. The molecule has 0 radical (unpaired) electrons. The quantitative estimate of drug-likeness (QED) is 0.0926. The Labute approximate surface area is 152 Å². The Morgan fingerprint density at radius 3 is 2.48 bits per heavy atom. The van der Waals surface area contributed by atoms with Gasteiger partial charge in [-0.15, -0.1) is 0 Å². The lowest BCUT2D eigenvalue weighted by Crippen LogP contribution is -2.61.